The van der Waals surface area contributed by atoms with Crippen molar-refractivity contribution >= 4 is 11.9 Å². The Morgan fingerprint density at radius 1 is 1.47 bits per heavy atom. The minimum Gasteiger partial charge on any atom is -0.505 e. The summed E-state index contributed by atoms with van der Waals surface area (Å²) in [7, 11) is 0. The number of aromatic hydroxyl groups is 1. The first-order chi connectivity index (χ1) is 8.09. The molecule has 6 heteroatoms. The van der Waals surface area contributed by atoms with Crippen LogP contribution in [0, 0.1) is 5.92 Å². The van der Waals surface area contributed by atoms with Crippen molar-refractivity contribution in [1.82, 2.24) is 10.3 Å². The van der Waals surface area contributed by atoms with Crippen LogP contribution in [0.3, 0.4) is 0 Å². The van der Waals surface area contributed by atoms with Gasteiger partial charge in [-0.25, -0.2) is 9.78 Å². The minimum absolute atomic E-state index is 0.0118. The Balaban J connectivity index is 2.10. The highest BCUT2D eigenvalue weighted by atomic mass is 16.4. The summed E-state index contributed by atoms with van der Waals surface area (Å²) in [6, 6.07) is 1.92. The van der Waals surface area contributed by atoms with Gasteiger partial charge in [-0.15, -0.1) is 0 Å². The molecule has 0 bridgehead atoms. The van der Waals surface area contributed by atoms with Gasteiger partial charge in [-0.2, -0.15) is 0 Å². The summed E-state index contributed by atoms with van der Waals surface area (Å²) in [6.07, 6.45) is 2.96. The molecule has 1 aliphatic rings. The standard InChI is InChI=1S/C11H12N2O4/c14-7-2-1-5-12-9(7)10(15)13-8(11(16)17)6-3-4-6/h1-2,5-6,8,14H,3-4H2,(H,13,15)(H,16,17). The number of aliphatic carboxylic acids is 1. The van der Waals surface area contributed by atoms with E-state index < -0.39 is 17.9 Å². The summed E-state index contributed by atoms with van der Waals surface area (Å²) in [4.78, 5) is 26.4. The number of carbonyl (C=O) groups is 2. The highest BCUT2D eigenvalue weighted by Crippen LogP contribution is 2.33. The van der Waals surface area contributed by atoms with E-state index in [-0.39, 0.29) is 17.4 Å². The third kappa shape index (κ3) is 2.52. The first kappa shape index (κ1) is 11.4. The Bertz CT molecular complexity index is 457. The molecule has 0 saturated heterocycles. The SMILES string of the molecule is O=C(NC(C(=O)O)C1CC1)c1ncccc1O. The molecule has 1 heterocycles. The van der Waals surface area contributed by atoms with Crippen LogP contribution in [0.25, 0.3) is 0 Å². The van der Waals surface area contributed by atoms with E-state index in [0.29, 0.717) is 0 Å². The number of carboxylic acid groups (broad SMARTS) is 1. The fourth-order valence-corrected chi connectivity index (χ4v) is 1.59. The van der Waals surface area contributed by atoms with E-state index in [1.807, 2.05) is 0 Å². The van der Waals surface area contributed by atoms with Crippen molar-refractivity contribution in [3.8, 4) is 5.75 Å². The van der Waals surface area contributed by atoms with Crippen LogP contribution in [0.4, 0.5) is 0 Å². The van der Waals surface area contributed by atoms with Gasteiger partial charge in [0.1, 0.15) is 11.8 Å². The Labute approximate surface area is 97.3 Å². The van der Waals surface area contributed by atoms with Gasteiger partial charge in [0.15, 0.2) is 5.69 Å². The Morgan fingerprint density at radius 3 is 2.71 bits per heavy atom. The summed E-state index contributed by atoms with van der Waals surface area (Å²) in [5.74, 6) is -1.99. The smallest absolute Gasteiger partial charge is 0.326 e. The first-order valence-corrected chi connectivity index (χ1v) is 5.27. The molecule has 0 spiro atoms. The van der Waals surface area contributed by atoms with Crippen molar-refractivity contribution in [1.29, 1.82) is 0 Å². The number of amides is 1. The van der Waals surface area contributed by atoms with Gasteiger partial charge >= 0.3 is 5.97 Å². The van der Waals surface area contributed by atoms with Crippen LogP contribution in [0.1, 0.15) is 23.3 Å². The molecular weight excluding hydrogens is 224 g/mol. The maximum absolute atomic E-state index is 11.7. The van der Waals surface area contributed by atoms with Crippen LogP contribution in [0.15, 0.2) is 18.3 Å². The molecule has 1 amide bonds. The zero-order chi connectivity index (χ0) is 12.4. The molecule has 1 aromatic rings. The average molecular weight is 236 g/mol. The van der Waals surface area contributed by atoms with Crippen LogP contribution in [0.5, 0.6) is 5.75 Å². The van der Waals surface area contributed by atoms with Gasteiger partial charge in [0.2, 0.25) is 0 Å². The van der Waals surface area contributed by atoms with Crippen molar-refractivity contribution < 1.29 is 19.8 Å². The lowest BCUT2D eigenvalue weighted by molar-refractivity contribution is -0.139. The number of pyridine rings is 1. The van der Waals surface area contributed by atoms with Gasteiger partial charge in [-0.1, -0.05) is 0 Å². The van der Waals surface area contributed by atoms with Crippen molar-refractivity contribution in [2.24, 2.45) is 5.92 Å². The zero-order valence-electron chi connectivity index (χ0n) is 8.96. The lowest BCUT2D eigenvalue weighted by Crippen LogP contribution is -2.42. The van der Waals surface area contributed by atoms with Crippen molar-refractivity contribution in [3.63, 3.8) is 0 Å². The average Bonchev–Trinajstić information content (AvgIpc) is 3.09. The van der Waals surface area contributed by atoms with Crippen molar-refractivity contribution in [2.45, 2.75) is 18.9 Å². The largest absolute Gasteiger partial charge is 0.505 e. The van der Waals surface area contributed by atoms with E-state index in [9.17, 15) is 14.7 Å². The number of hydrogen-bond donors (Lipinski definition) is 3. The second kappa shape index (κ2) is 4.40. The summed E-state index contributed by atoms with van der Waals surface area (Å²) < 4.78 is 0. The fourth-order valence-electron chi connectivity index (χ4n) is 1.59. The third-order valence-electron chi connectivity index (χ3n) is 2.65. The monoisotopic (exact) mass is 236 g/mol. The molecule has 0 aromatic carbocycles. The van der Waals surface area contributed by atoms with Gasteiger partial charge in [-0.3, -0.25) is 4.79 Å². The number of rotatable bonds is 4. The second-order valence-electron chi connectivity index (χ2n) is 4.00. The van der Waals surface area contributed by atoms with Crippen LogP contribution >= 0.6 is 0 Å². The molecular formula is C11H12N2O4. The molecule has 0 radical (unpaired) electrons. The predicted molar refractivity (Wildman–Crippen MR) is 57.5 cm³/mol. The molecule has 2 rings (SSSR count). The summed E-state index contributed by atoms with van der Waals surface area (Å²) in [5.41, 5.74) is -0.153. The first-order valence-electron chi connectivity index (χ1n) is 5.27. The Morgan fingerprint density at radius 2 is 2.18 bits per heavy atom. The molecule has 1 unspecified atom stereocenters. The Hall–Kier alpha value is -2.11. The quantitative estimate of drug-likeness (QED) is 0.701. The lowest BCUT2D eigenvalue weighted by Gasteiger charge is -2.13. The maximum atomic E-state index is 11.7. The van der Waals surface area contributed by atoms with E-state index in [2.05, 4.69) is 10.3 Å². The molecule has 0 aliphatic heterocycles. The number of nitrogens with one attached hydrogen (secondary N) is 1. The molecule has 1 aromatic heterocycles. The third-order valence-corrected chi connectivity index (χ3v) is 2.65. The topological polar surface area (TPSA) is 99.5 Å². The van der Waals surface area contributed by atoms with Crippen LogP contribution in [-0.2, 0) is 4.79 Å². The number of carboxylic acids is 1. The highest BCUT2D eigenvalue weighted by molar-refractivity contribution is 5.97. The van der Waals surface area contributed by atoms with E-state index >= 15 is 0 Å². The zero-order valence-corrected chi connectivity index (χ0v) is 8.96. The number of aromatic nitrogens is 1. The van der Waals surface area contributed by atoms with E-state index in [1.54, 1.807) is 0 Å². The van der Waals surface area contributed by atoms with Crippen molar-refractivity contribution in [3.05, 3.63) is 24.0 Å². The van der Waals surface area contributed by atoms with E-state index in [0.717, 1.165) is 12.8 Å². The normalized spacial score (nSPS) is 16.2. The van der Waals surface area contributed by atoms with Gasteiger partial charge in [0, 0.05) is 6.20 Å². The molecule has 6 nitrogen and oxygen atoms in total. The van der Waals surface area contributed by atoms with E-state index in [4.69, 9.17) is 5.11 Å². The fraction of sp³-hybridized carbons (Fsp3) is 0.364. The number of nitrogens with zero attached hydrogens (tertiary/aromatic N) is 1. The van der Waals surface area contributed by atoms with Crippen LogP contribution in [0.2, 0.25) is 0 Å². The molecule has 1 atom stereocenters. The highest BCUT2D eigenvalue weighted by Gasteiger charge is 2.37. The minimum atomic E-state index is -1.06. The van der Waals surface area contributed by atoms with Gasteiger partial charge < -0.3 is 15.5 Å². The van der Waals surface area contributed by atoms with E-state index in [1.165, 1.54) is 18.3 Å². The summed E-state index contributed by atoms with van der Waals surface area (Å²) in [6.45, 7) is 0. The van der Waals surface area contributed by atoms with Crippen molar-refractivity contribution in [2.75, 3.05) is 0 Å². The van der Waals surface area contributed by atoms with Crippen LogP contribution in [-0.4, -0.2) is 33.1 Å². The number of carbonyl (C=O) groups excluding carboxylic acids is 1. The molecule has 90 valence electrons. The predicted octanol–water partition coefficient (Wildman–Crippen LogP) is 0.380. The molecule has 1 aliphatic carbocycles. The van der Waals surface area contributed by atoms with Crippen LogP contribution < -0.4 is 5.32 Å². The molecule has 1 saturated carbocycles. The summed E-state index contributed by atoms with van der Waals surface area (Å²) >= 11 is 0. The van der Waals surface area contributed by atoms with Gasteiger partial charge in [-0.05, 0) is 30.9 Å². The number of hydrogen-bond acceptors (Lipinski definition) is 4. The van der Waals surface area contributed by atoms with Gasteiger partial charge in [0.25, 0.3) is 5.91 Å². The lowest BCUT2D eigenvalue weighted by atomic mass is 10.2. The molecule has 1 fully saturated rings. The van der Waals surface area contributed by atoms with Gasteiger partial charge in [0.05, 0.1) is 0 Å². The molecule has 17 heavy (non-hydrogen) atoms. The Kier molecular flexibility index (Phi) is 2.95. The second-order valence-corrected chi connectivity index (χ2v) is 4.00. The molecule has 3 N–H and O–H groups in total. The maximum Gasteiger partial charge on any atom is 0.326 e. The summed E-state index contributed by atoms with van der Waals surface area (Å²) in [5, 5.41) is 20.7.